The molecule has 0 aliphatic rings. The predicted octanol–water partition coefficient (Wildman–Crippen LogP) is 3.33. The predicted molar refractivity (Wildman–Crippen MR) is 86.5 cm³/mol. The maximum atomic E-state index is 12.2. The zero-order chi connectivity index (χ0) is 15.9. The number of para-hydroxylation sites is 1. The Balaban J connectivity index is 2.05. The molecular weight excluding hydrogens is 278 g/mol. The summed E-state index contributed by atoms with van der Waals surface area (Å²) in [5, 5.41) is 2.92. The lowest BCUT2D eigenvalue weighted by Crippen LogP contribution is -2.23. The van der Waals surface area contributed by atoms with Crippen molar-refractivity contribution < 1.29 is 14.3 Å². The number of hydrogen-bond donors (Lipinski definition) is 1. The van der Waals surface area contributed by atoms with Crippen LogP contribution in [0.15, 0.2) is 42.5 Å². The number of aryl methyl sites for hydroxylation is 1. The second-order valence-electron chi connectivity index (χ2n) is 4.91. The third-order valence-corrected chi connectivity index (χ3v) is 3.37. The third-order valence-electron chi connectivity index (χ3n) is 3.37. The smallest absolute Gasteiger partial charge is 0.251 e. The van der Waals surface area contributed by atoms with E-state index in [2.05, 4.69) is 5.32 Å². The molecule has 22 heavy (non-hydrogen) atoms. The van der Waals surface area contributed by atoms with Crippen LogP contribution in [0, 0.1) is 6.92 Å². The van der Waals surface area contributed by atoms with Crippen LogP contribution in [0.2, 0.25) is 0 Å². The van der Waals surface area contributed by atoms with Gasteiger partial charge in [-0.15, -0.1) is 0 Å². The van der Waals surface area contributed by atoms with Gasteiger partial charge in [-0.2, -0.15) is 0 Å². The van der Waals surface area contributed by atoms with E-state index in [1.54, 1.807) is 19.2 Å². The number of benzene rings is 2. The minimum atomic E-state index is -0.114. The van der Waals surface area contributed by atoms with Gasteiger partial charge < -0.3 is 14.8 Å². The van der Waals surface area contributed by atoms with Crippen molar-refractivity contribution in [2.24, 2.45) is 0 Å². The van der Waals surface area contributed by atoms with Crippen LogP contribution in [-0.4, -0.2) is 19.6 Å². The van der Waals surface area contributed by atoms with Gasteiger partial charge in [0.15, 0.2) is 0 Å². The molecule has 4 heteroatoms. The van der Waals surface area contributed by atoms with E-state index in [1.165, 1.54) is 0 Å². The molecule has 0 saturated carbocycles. The van der Waals surface area contributed by atoms with Crippen molar-refractivity contribution in [3.63, 3.8) is 0 Å². The highest BCUT2D eigenvalue weighted by Gasteiger charge is 2.09. The first-order valence-electron chi connectivity index (χ1n) is 7.29. The normalized spacial score (nSPS) is 10.1. The first kappa shape index (κ1) is 15.9. The molecule has 1 N–H and O–H groups in total. The first-order valence-corrected chi connectivity index (χ1v) is 7.29. The number of rotatable bonds is 6. The number of hydrogen-bond acceptors (Lipinski definition) is 3. The zero-order valence-electron chi connectivity index (χ0n) is 13.2. The Kier molecular flexibility index (Phi) is 5.42. The second kappa shape index (κ2) is 7.50. The molecule has 0 fully saturated rings. The fourth-order valence-corrected chi connectivity index (χ4v) is 2.24. The summed E-state index contributed by atoms with van der Waals surface area (Å²) >= 11 is 0. The van der Waals surface area contributed by atoms with Gasteiger partial charge in [-0.3, -0.25) is 4.79 Å². The van der Waals surface area contributed by atoms with Crippen molar-refractivity contribution in [1.82, 2.24) is 5.32 Å². The third kappa shape index (κ3) is 3.79. The van der Waals surface area contributed by atoms with Crippen LogP contribution >= 0.6 is 0 Å². The molecule has 2 aromatic rings. The Morgan fingerprint density at radius 2 is 1.91 bits per heavy atom. The van der Waals surface area contributed by atoms with Gasteiger partial charge in [-0.05, 0) is 43.7 Å². The van der Waals surface area contributed by atoms with Crippen molar-refractivity contribution in [3.8, 4) is 11.5 Å². The van der Waals surface area contributed by atoms with Gasteiger partial charge in [-0.1, -0.05) is 18.2 Å². The quantitative estimate of drug-likeness (QED) is 0.890. The van der Waals surface area contributed by atoms with Crippen LogP contribution in [0.4, 0.5) is 0 Å². The largest absolute Gasteiger partial charge is 0.496 e. The summed E-state index contributed by atoms with van der Waals surface area (Å²) in [5.41, 5.74) is 2.51. The maximum Gasteiger partial charge on any atom is 0.251 e. The fraction of sp³-hybridized carbons (Fsp3) is 0.278. The fourth-order valence-electron chi connectivity index (χ4n) is 2.24. The summed E-state index contributed by atoms with van der Waals surface area (Å²) in [6.45, 7) is 4.89. The Hall–Kier alpha value is -2.49. The van der Waals surface area contributed by atoms with Crippen LogP contribution in [0.1, 0.15) is 28.4 Å². The minimum absolute atomic E-state index is 0.114. The van der Waals surface area contributed by atoms with Crippen LogP contribution in [0.5, 0.6) is 11.5 Å². The molecule has 0 radical (unpaired) electrons. The molecule has 4 nitrogen and oxygen atoms in total. The monoisotopic (exact) mass is 299 g/mol. The van der Waals surface area contributed by atoms with Crippen LogP contribution in [0.3, 0.4) is 0 Å². The van der Waals surface area contributed by atoms with E-state index in [9.17, 15) is 4.79 Å². The molecule has 0 bridgehead atoms. The van der Waals surface area contributed by atoms with Crippen molar-refractivity contribution in [2.75, 3.05) is 13.7 Å². The Bertz CT molecular complexity index is 653. The summed E-state index contributed by atoms with van der Waals surface area (Å²) in [6, 6.07) is 13.1. The summed E-state index contributed by atoms with van der Waals surface area (Å²) in [6.07, 6.45) is 0. The lowest BCUT2D eigenvalue weighted by molar-refractivity contribution is 0.0950. The van der Waals surface area contributed by atoms with Crippen molar-refractivity contribution >= 4 is 5.91 Å². The molecule has 0 atom stereocenters. The Morgan fingerprint density at radius 1 is 1.14 bits per heavy atom. The molecular formula is C18H21NO3. The van der Waals surface area contributed by atoms with Crippen LogP contribution < -0.4 is 14.8 Å². The first-order chi connectivity index (χ1) is 10.7. The van der Waals surface area contributed by atoms with E-state index in [0.717, 1.165) is 22.6 Å². The second-order valence-corrected chi connectivity index (χ2v) is 4.91. The molecule has 0 heterocycles. The molecule has 116 valence electrons. The topological polar surface area (TPSA) is 47.6 Å². The van der Waals surface area contributed by atoms with Gasteiger partial charge >= 0.3 is 0 Å². The van der Waals surface area contributed by atoms with E-state index in [-0.39, 0.29) is 5.91 Å². The number of ether oxygens (including phenoxy) is 2. The van der Waals surface area contributed by atoms with E-state index in [0.29, 0.717) is 18.7 Å². The van der Waals surface area contributed by atoms with Gasteiger partial charge in [0.25, 0.3) is 5.91 Å². The molecule has 0 aliphatic carbocycles. The summed E-state index contributed by atoms with van der Waals surface area (Å²) in [5.74, 6) is 1.46. The van der Waals surface area contributed by atoms with E-state index in [1.807, 2.05) is 44.2 Å². The molecule has 1 amide bonds. The van der Waals surface area contributed by atoms with Gasteiger partial charge in [0.1, 0.15) is 11.5 Å². The van der Waals surface area contributed by atoms with Crippen molar-refractivity contribution in [3.05, 3.63) is 59.2 Å². The average molecular weight is 299 g/mol. The SMILES string of the molecule is CCOc1ccccc1CNC(=O)c1ccc(OC)c(C)c1. The van der Waals surface area contributed by atoms with Gasteiger partial charge in [0, 0.05) is 17.7 Å². The van der Waals surface area contributed by atoms with Crippen molar-refractivity contribution in [2.45, 2.75) is 20.4 Å². The number of methoxy groups -OCH3 is 1. The zero-order valence-corrected chi connectivity index (χ0v) is 13.2. The molecule has 0 aromatic heterocycles. The standard InChI is InChI=1S/C18H21NO3/c1-4-22-17-8-6-5-7-15(17)12-19-18(20)14-9-10-16(21-3)13(2)11-14/h5-11H,4,12H2,1-3H3,(H,19,20). The summed E-state index contributed by atoms with van der Waals surface area (Å²) in [4.78, 5) is 12.2. The van der Waals surface area contributed by atoms with Crippen LogP contribution in [-0.2, 0) is 6.54 Å². The van der Waals surface area contributed by atoms with Gasteiger partial charge in [0.05, 0.1) is 13.7 Å². The van der Waals surface area contributed by atoms with E-state index >= 15 is 0 Å². The maximum absolute atomic E-state index is 12.2. The van der Waals surface area contributed by atoms with Crippen LogP contribution in [0.25, 0.3) is 0 Å². The molecule has 0 saturated heterocycles. The lowest BCUT2D eigenvalue weighted by Gasteiger charge is -2.11. The average Bonchev–Trinajstić information content (AvgIpc) is 2.54. The highest BCUT2D eigenvalue weighted by Crippen LogP contribution is 2.20. The summed E-state index contributed by atoms with van der Waals surface area (Å²) in [7, 11) is 1.62. The summed E-state index contributed by atoms with van der Waals surface area (Å²) < 4.78 is 10.8. The molecule has 0 aliphatic heterocycles. The number of carbonyl (C=O) groups is 1. The minimum Gasteiger partial charge on any atom is -0.496 e. The van der Waals surface area contributed by atoms with Crippen molar-refractivity contribution in [1.29, 1.82) is 0 Å². The Morgan fingerprint density at radius 3 is 2.59 bits per heavy atom. The molecule has 0 unspecified atom stereocenters. The number of nitrogens with one attached hydrogen (secondary N) is 1. The van der Waals surface area contributed by atoms with Gasteiger partial charge in [-0.25, -0.2) is 0 Å². The van der Waals surface area contributed by atoms with E-state index < -0.39 is 0 Å². The molecule has 2 rings (SSSR count). The number of carbonyl (C=O) groups excluding carboxylic acids is 1. The van der Waals surface area contributed by atoms with Gasteiger partial charge in [0.2, 0.25) is 0 Å². The highest BCUT2D eigenvalue weighted by atomic mass is 16.5. The molecule has 2 aromatic carbocycles. The molecule has 0 spiro atoms. The number of amides is 1. The lowest BCUT2D eigenvalue weighted by atomic mass is 10.1. The Labute approximate surface area is 131 Å². The highest BCUT2D eigenvalue weighted by molar-refractivity contribution is 5.94. The van der Waals surface area contributed by atoms with E-state index in [4.69, 9.17) is 9.47 Å².